The summed E-state index contributed by atoms with van der Waals surface area (Å²) in [5.41, 5.74) is 0.218. The van der Waals surface area contributed by atoms with Gasteiger partial charge in [-0.25, -0.2) is 14.7 Å². The van der Waals surface area contributed by atoms with Gasteiger partial charge in [0.05, 0.1) is 4.47 Å². The summed E-state index contributed by atoms with van der Waals surface area (Å²) in [5.74, 6) is 3.56. The smallest absolute Gasteiger partial charge is 0.146 e. The molecule has 0 saturated carbocycles. The average molecular weight is 252 g/mol. The molecule has 2 N–H and O–H groups in total. The first-order valence-corrected chi connectivity index (χ1v) is 4.36. The van der Waals surface area contributed by atoms with Crippen molar-refractivity contribution in [1.82, 2.24) is 0 Å². The van der Waals surface area contributed by atoms with Gasteiger partial charge in [0.25, 0.3) is 0 Å². The zero-order chi connectivity index (χ0) is 10.0. The molecule has 0 bridgehead atoms. The van der Waals surface area contributed by atoms with Gasteiger partial charge in [0.15, 0.2) is 0 Å². The van der Waals surface area contributed by atoms with Gasteiger partial charge < -0.3 is 0 Å². The first-order valence-electron chi connectivity index (χ1n) is 3.57. The minimum atomic E-state index is -0.682. The summed E-state index contributed by atoms with van der Waals surface area (Å²) in [7, 11) is 0. The van der Waals surface area contributed by atoms with Crippen LogP contribution in [-0.4, -0.2) is 0 Å². The predicted molar refractivity (Wildman–Crippen MR) is 47.7 cm³/mol. The molecule has 0 fully saturated rings. The van der Waals surface area contributed by atoms with Gasteiger partial charge in [-0.3, -0.25) is 4.84 Å². The Morgan fingerprint density at radius 3 is 2.62 bits per heavy atom. The molecule has 72 valence electrons. The molecule has 0 radical (unpaired) electrons. The van der Waals surface area contributed by atoms with Gasteiger partial charge in [0, 0.05) is 5.56 Å². The summed E-state index contributed by atoms with van der Waals surface area (Å²) in [6, 6.07) is 2.45. The Morgan fingerprint density at radius 1 is 1.46 bits per heavy atom. The zero-order valence-electron chi connectivity index (χ0n) is 6.85. The third-order valence-electron chi connectivity index (χ3n) is 1.71. The van der Waals surface area contributed by atoms with E-state index in [0.29, 0.717) is 0 Å². The standard InChI is InChI=1S/C8H8BrF2NO/c1-4(13-12)5-2-3-6(10)7(9)8(5)11/h2-4H,12H2,1H3. The molecule has 1 aromatic rings. The maximum atomic E-state index is 13.3. The van der Waals surface area contributed by atoms with E-state index in [-0.39, 0.29) is 10.0 Å². The SMILES string of the molecule is CC(ON)c1ccc(F)c(Br)c1F. The predicted octanol–water partition coefficient (Wildman–Crippen LogP) is 2.68. The average Bonchev–Trinajstić information content (AvgIpc) is 2.13. The monoisotopic (exact) mass is 251 g/mol. The Morgan fingerprint density at radius 2 is 2.08 bits per heavy atom. The van der Waals surface area contributed by atoms with Crippen LogP contribution in [0.4, 0.5) is 8.78 Å². The van der Waals surface area contributed by atoms with Crippen LogP contribution in [0, 0.1) is 11.6 Å². The fourth-order valence-corrected chi connectivity index (χ4v) is 1.29. The zero-order valence-corrected chi connectivity index (χ0v) is 8.44. The van der Waals surface area contributed by atoms with Crippen LogP contribution < -0.4 is 5.90 Å². The second-order valence-electron chi connectivity index (χ2n) is 2.54. The molecule has 1 rings (SSSR count). The lowest BCUT2D eigenvalue weighted by molar-refractivity contribution is 0.0637. The molecule has 0 aliphatic carbocycles. The summed E-state index contributed by atoms with van der Waals surface area (Å²) in [6.07, 6.45) is -0.600. The molecule has 0 spiro atoms. The number of halogens is 3. The molecule has 0 heterocycles. The van der Waals surface area contributed by atoms with Gasteiger partial charge in [-0.1, -0.05) is 6.07 Å². The number of nitrogens with two attached hydrogens (primary N) is 1. The largest absolute Gasteiger partial charge is 0.297 e. The van der Waals surface area contributed by atoms with Gasteiger partial charge in [-0.15, -0.1) is 0 Å². The molecule has 0 aliphatic heterocycles. The Kier molecular flexibility index (Phi) is 3.35. The highest BCUT2D eigenvalue weighted by Gasteiger charge is 2.15. The van der Waals surface area contributed by atoms with Crippen LogP contribution in [0.25, 0.3) is 0 Å². The normalized spacial score (nSPS) is 13.0. The van der Waals surface area contributed by atoms with E-state index >= 15 is 0 Å². The molecule has 0 saturated heterocycles. The van der Waals surface area contributed by atoms with Crippen LogP contribution in [-0.2, 0) is 4.84 Å². The molecule has 0 aromatic heterocycles. The lowest BCUT2D eigenvalue weighted by atomic mass is 10.1. The van der Waals surface area contributed by atoms with E-state index in [2.05, 4.69) is 20.8 Å². The van der Waals surface area contributed by atoms with E-state index in [4.69, 9.17) is 5.90 Å². The molecule has 5 heteroatoms. The quantitative estimate of drug-likeness (QED) is 0.648. The van der Waals surface area contributed by atoms with Crippen molar-refractivity contribution in [2.24, 2.45) is 5.90 Å². The fourth-order valence-electron chi connectivity index (χ4n) is 0.928. The van der Waals surface area contributed by atoms with Gasteiger partial charge in [0.1, 0.15) is 17.7 Å². The first-order chi connectivity index (χ1) is 6.07. The van der Waals surface area contributed by atoms with Crippen molar-refractivity contribution in [3.63, 3.8) is 0 Å². The van der Waals surface area contributed by atoms with Crippen molar-refractivity contribution in [1.29, 1.82) is 0 Å². The van der Waals surface area contributed by atoms with E-state index in [0.717, 1.165) is 6.07 Å². The molecule has 1 aromatic carbocycles. The van der Waals surface area contributed by atoms with Crippen molar-refractivity contribution >= 4 is 15.9 Å². The summed E-state index contributed by atoms with van der Waals surface area (Å²) in [4.78, 5) is 4.43. The van der Waals surface area contributed by atoms with Crippen LogP contribution in [0.1, 0.15) is 18.6 Å². The summed E-state index contributed by atoms with van der Waals surface area (Å²) in [5, 5.41) is 0. The lowest BCUT2D eigenvalue weighted by Crippen LogP contribution is -2.08. The summed E-state index contributed by atoms with van der Waals surface area (Å²) >= 11 is 2.78. The molecule has 0 amide bonds. The van der Waals surface area contributed by atoms with Gasteiger partial charge >= 0.3 is 0 Å². The Labute approximate surface area is 82.8 Å². The maximum Gasteiger partial charge on any atom is 0.146 e. The molecule has 2 nitrogen and oxygen atoms in total. The van der Waals surface area contributed by atoms with E-state index in [9.17, 15) is 8.78 Å². The van der Waals surface area contributed by atoms with Crippen molar-refractivity contribution in [2.75, 3.05) is 0 Å². The lowest BCUT2D eigenvalue weighted by Gasteiger charge is -2.10. The number of benzene rings is 1. The highest BCUT2D eigenvalue weighted by Crippen LogP contribution is 2.27. The molecule has 0 aliphatic rings. The third kappa shape index (κ3) is 2.04. The first kappa shape index (κ1) is 10.6. The van der Waals surface area contributed by atoms with E-state index in [1.165, 1.54) is 6.07 Å². The van der Waals surface area contributed by atoms with Crippen molar-refractivity contribution < 1.29 is 13.6 Å². The van der Waals surface area contributed by atoms with Crippen molar-refractivity contribution in [3.8, 4) is 0 Å². The fraction of sp³-hybridized carbons (Fsp3) is 0.250. The van der Waals surface area contributed by atoms with E-state index < -0.39 is 17.7 Å². The second kappa shape index (κ2) is 4.13. The molecule has 1 unspecified atom stereocenters. The number of hydrogen-bond donors (Lipinski definition) is 1. The van der Waals surface area contributed by atoms with Gasteiger partial charge in [-0.2, -0.15) is 0 Å². The van der Waals surface area contributed by atoms with Gasteiger partial charge in [0.2, 0.25) is 0 Å². The van der Waals surface area contributed by atoms with Crippen LogP contribution in [0.15, 0.2) is 16.6 Å². The minimum Gasteiger partial charge on any atom is -0.297 e. The molecular formula is C8H8BrF2NO. The Balaban J connectivity index is 3.18. The van der Waals surface area contributed by atoms with Crippen LogP contribution in [0.5, 0.6) is 0 Å². The maximum absolute atomic E-state index is 13.3. The topological polar surface area (TPSA) is 35.2 Å². The Hall–Kier alpha value is -0.520. The second-order valence-corrected chi connectivity index (χ2v) is 3.34. The van der Waals surface area contributed by atoms with E-state index in [1.807, 2.05) is 0 Å². The van der Waals surface area contributed by atoms with Crippen LogP contribution in [0.2, 0.25) is 0 Å². The van der Waals surface area contributed by atoms with Gasteiger partial charge in [-0.05, 0) is 28.9 Å². The minimum absolute atomic E-state index is 0.200. The molecular weight excluding hydrogens is 244 g/mol. The van der Waals surface area contributed by atoms with E-state index in [1.54, 1.807) is 6.92 Å². The molecule has 1 atom stereocenters. The van der Waals surface area contributed by atoms with Crippen LogP contribution in [0.3, 0.4) is 0 Å². The third-order valence-corrected chi connectivity index (χ3v) is 2.43. The Bertz CT molecular complexity index is 319. The highest BCUT2D eigenvalue weighted by atomic mass is 79.9. The van der Waals surface area contributed by atoms with Crippen molar-refractivity contribution in [2.45, 2.75) is 13.0 Å². The van der Waals surface area contributed by atoms with Crippen LogP contribution >= 0.6 is 15.9 Å². The molecule has 13 heavy (non-hydrogen) atoms. The highest BCUT2D eigenvalue weighted by molar-refractivity contribution is 9.10. The number of hydrogen-bond acceptors (Lipinski definition) is 2. The number of rotatable bonds is 2. The summed E-state index contributed by atoms with van der Waals surface area (Å²) in [6.45, 7) is 1.57. The van der Waals surface area contributed by atoms with Crippen molar-refractivity contribution in [3.05, 3.63) is 33.8 Å². The summed E-state index contributed by atoms with van der Waals surface area (Å²) < 4.78 is 25.8.